The lowest BCUT2D eigenvalue weighted by Gasteiger charge is -2.27. The summed E-state index contributed by atoms with van der Waals surface area (Å²) in [7, 11) is -2.55. The van der Waals surface area contributed by atoms with Crippen molar-refractivity contribution in [1.29, 1.82) is 0 Å². The summed E-state index contributed by atoms with van der Waals surface area (Å²) in [4.78, 5) is 13.2. The minimum absolute atomic E-state index is 0.111. The summed E-state index contributed by atoms with van der Waals surface area (Å²) in [6, 6.07) is 21.2. The van der Waals surface area contributed by atoms with Gasteiger partial charge in [0.2, 0.25) is 5.91 Å². The monoisotopic (exact) mass is 466 g/mol. The largest absolute Gasteiger partial charge is 0.495 e. The highest BCUT2D eigenvalue weighted by molar-refractivity contribution is 7.92. The molecule has 0 aliphatic carbocycles. The van der Waals surface area contributed by atoms with Crippen LogP contribution >= 0.6 is 0 Å². The van der Waals surface area contributed by atoms with Crippen LogP contribution in [0.1, 0.15) is 36.1 Å². The lowest BCUT2D eigenvalue weighted by Crippen LogP contribution is -2.42. The number of methoxy groups -OCH3 is 1. The van der Waals surface area contributed by atoms with Crippen molar-refractivity contribution in [2.75, 3.05) is 18.0 Å². The van der Waals surface area contributed by atoms with E-state index in [-0.39, 0.29) is 17.5 Å². The molecule has 3 aromatic carbocycles. The van der Waals surface area contributed by atoms with Gasteiger partial charge in [-0.2, -0.15) is 0 Å². The maximum Gasteiger partial charge on any atom is 0.264 e. The second-order valence-corrected chi connectivity index (χ2v) is 9.80. The van der Waals surface area contributed by atoms with Crippen LogP contribution in [0.3, 0.4) is 0 Å². The lowest BCUT2D eigenvalue weighted by molar-refractivity contribution is -0.120. The summed E-state index contributed by atoms with van der Waals surface area (Å²) in [6.07, 6.45) is 0.675. The van der Waals surface area contributed by atoms with E-state index in [1.807, 2.05) is 57.2 Å². The number of rotatable bonds is 9. The van der Waals surface area contributed by atoms with Crippen LogP contribution in [-0.2, 0) is 14.8 Å². The Morgan fingerprint density at radius 1 is 0.970 bits per heavy atom. The molecular weight excluding hydrogens is 436 g/mol. The van der Waals surface area contributed by atoms with Gasteiger partial charge in [0.05, 0.1) is 23.7 Å². The van der Waals surface area contributed by atoms with E-state index in [2.05, 4.69) is 5.32 Å². The normalized spacial score (nSPS) is 12.1. The quantitative estimate of drug-likeness (QED) is 0.493. The van der Waals surface area contributed by atoms with E-state index in [0.717, 1.165) is 21.0 Å². The van der Waals surface area contributed by atoms with Gasteiger partial charge in [0, 0.05) is 0 Å². The number of ether oxygens (including phenoxy) is 1. The highest BCUT2D eigenvalue weighted by Crippen LogP contribution is 2.33. The molecule has 0 saturated carbocycles. The van der Waals surface area contributed by atoms with Crippen molar-refractivity contribution in [3.05, 3.63) is 89.5 Å². The van der Waals surface area contributed by atoms with Gasteiger partial charge in [-0.15, -0.1) is 0 Å². The van der Waals surface area contributed by atoms with Crippen LogP contribution in [0.4, 0.5) is 5.69 Å². The Morgan fingerprint density at radius 3 is 2.21 bits per heavy atom. The van der Waals surface area contributed by atoms with Crippen LogP contribution in [0.25, 0.3) is 0 Å². The SMILES string of the molecule is CCC(NC(=O)CN(c1cc(C)ccc1OC)S(=O)(=O)c1ccc(C)cc1)c1ccccc1. The van der Waals surface area contributed by atoms with E-state index in [4.69, 9.17) is 4.74 Å². The van der Waals surface area contributed by atoms with Crippen molar-refractivity contribution in [3.63, 3.8) is 0 Å². The molecule has 1 amide bonds. The molecule has 3 aromatic rings. The lowest BCUT2D eigenvalue weighted by atomic mass is 10.0. The molecule has 7 heteroatoms. The fourth-order valence-corrected chi connectivity index (χ4v) is 5.03. The summed E-state index contributed by atoms with van der Waals surface area (Å²) >= 11 is 0. The van der Waals surface area contributed by atoms with E-state index in [0.29, 0.717) is 17.9 Å². The zero-order valence-corrected chi connectivity index (χ0v) is 20.2. The molecule has 174 valence electrons. The molecule has 1 unspecified atom stereocenters. The Labute approximate surface area is 196 Å². The van der Waals surface area contributed by atoms with Gasteiger partial charge < -0.3 is 10.1 Å². The highest BCUT2D eigenvalue weighted by atomic mass is 32.2. The van der Waals surface area contributed by atoms with Crippen LogP contribution in [0.5, 0.6) is 5.75 Å². The zero-order chi connectivity index (χ0) is 24.0. The number of nitrogens with zero attached hydrogens (tertiary/aromatic N) is 1. The number of carbonyl (C=O) groups is 1. The van der Waals surface area contributed by atoms with Crippen molar-refractivity contribution in [1.82, 2.24) is 5.32 Å². The minimum Gasteiger partial charge on any atom is -0.495 e. The standard InChI is InChI=1S/C26H30N2O4S/c1-5-23(21-9-7-6-8-10-21)27-26(29)18-28(24-17-20(3)13-16-25(24)32-4)33(30,31)22-14-11-19(2)12-15-22/h6-17,23H,5,18H2,1-4H3,(H,27,29). The molecule has 6 nitrogen and oxygen atoms in total. The second-order valence-electron chi connectivity index (χ2n) is 7.94. The number of sulfonamides is 1. The van der Waals surface area contributed by atoms with Crippen molar-refractivity contribution < 1.29 is 17.9 Å². The van der Waals surface area contributed by atoms with E-state index >= 15 is 0 Å². The van der Waals surface area contributed by atoms with E-state index in [1.165, 1.54) is 7.11 Å². The van der Waals surface area contributed by atoms with Crippen LogP contribution in [-0.4, -0.2) is 28.0 Å². The molecule has 0 radical (unpaired) electrons. The average Bonchev–Trinajstić information content (AvgIpc) is 2.81. The Kier molecular flexibility index (Phi) is 7.76. The van der Waals surface area contributed by atoms with E-state index in [9.17, 15) is 13.2 Å². The maximum atomic E-state index is 13.7. The zero-order valence-electron chi connectivity index (χ0n) is 19.4. The number of nitrogens with one attached hydrogen (secondary N) is 1. The van der Waals surface area contributed by atoms with Gasteiger partial charge in [-0.05, 0) is 55.7 Å². The third kappa shape index (κ3) is 5.73. The van der Waals surface area contributed by atoms with Gasteiger partial charge in [-0.3, -0.25) is 9.10 Å². The third-order valence-electron chi connectivity index (χ3n) is 5.44. The number of hydrogen-bond acceptors (Lipinski definition) is 4. The Bertz CT molecular complexity index is 1190. The predicted molar refractivity (Wildman–Crippen MR) is 131 cm³/mol. The van der Waals surface area contributed by atoms with E-state index < -0.39 is 15.9 Å². The second kappa shape index (κ2) is 10.5. The van der Waals surface area contributed by atoms with Crippen molar-refractivity contribution in [2.45, 2.75) is 38.1 Å². The van der Waals surface area contributed by atoms with Gasteiger partial charge >= 0.3 is 0 Å². The fourth-order valence-electron chi connectivity index (χ4n) is 3.61. The number of carbonyl (C=O) groups excluding carboxylic acids is 1. The summed E-state index contributed by atoms with van der Waals surface area (Å²) in [5.41, 5.74) is 3.08. The summed E-state index contributed by atoms with van der Waals surface area (Å²) in [5.74, 6) is -0.0239. The van der Waals surface area contributed by atoms with Gasteiger partial charge in [0.1, 0.15) is 12.3 Å². The molecule has 0 bridgehead atoms. The van der Waals surface area contributed by atoms with Crippen LogP contribution in [0.2, 0.25) is 0 Å². The first-order chi connectivity index (χ1) is 15.8. The van der Waals surface area contributed by atoms with Gasteiger partial charge in [0.15, 0.2) is 0 Å². The number of anilines is 1. The first-order valence-electron chi connectivity index (χ1n) is 10.8. The van der Waals surface area contributed by atoms with Crippen LogP contribution in [0.15, 0.2) is 77.7 Å². The Balaban J connectivity index is 2.00. The molecule has 0 heterocycles. The fraction of sp³-hybridized carbons (Fsp3) is 0.269. The number of benzene rings is 3. The topological polar surface area (TPSA) is 75.7 Å². The van der Waals surface area contributed by atoms with Gasteiger partial charge in [-0.1, -0.05) is 61.0 Å². The predicted octanol–water partition coefficient (Wildman–Crippen LogP) is 4.77. The molecule has 0 spiro atoms. The Morgan fingerprint density at radius 2 is 1.61 bits per heavy atom. The molecular formula is C26H30N2O4S. The molecule has 1 N–H and O–H groups in total. The first-order valence-corrected chi connectivity index (χ1v) is 12.3. The first kappa shape index (κ1) is 24.3. The highest BCUT2D eigenvalue weighted by Gasteiger charge is 2.30. The van der Waals surface area contributed by atoms with Crippen molar-refractivity contribution in [2.24, 2.45) is 0 Å². The molecule has 3 rings (SSSR count). The minimum atomic E-state index is -4.03. The van der Waals surface area contributed by atoms with Crippen LogP contribution in [0, 0.1) is 13.8 Å². The smallest absolute Gasteiger partial charge is 0.264 e. The van der Waals surface area contributed by atoms with Crippen LogP contribution < -0.4 is 14.4 Å². The average molecular weight is 467 g/mol. The van der Waals surface area contributed by atoms with Crippen molar-refractivity contribution in [3.8, 4) is 5.75 Å². The molecule has 1 atom stereocenters. The number of amides is 1. The summed E-state index contributed by atoms with van der Waals surface area (Å²) in [6.45, 7) is 5.35. The van der Waals surface area contributed by atoms with E-state index in [1.54, 1.807) is 36.4 Å². The van der Waals surface area contributed by atoms with Gasteiger partial charge in [0.25, 0.3) is 10.0 Å². The molecule has 0 aromatic heterocycles. The summed E-state index contributed by atoms with van der Waals surface area (Å²) < 4.78 is 33.9. The molecule has 0 fully saturated rings. The third-order valence-corrected chi connectivity index (χ3v) is 7.22. The van der Waals surface area contributed by atoms with Crippen molar-refractivity contribution >= 4 is 21.6 Å². The molecule has 0 aliphatic heterocycles. The molecule has 0 saturated heterocycles. The van der Waals surface area contributed by atoms with Gasteiger partial charge in [-0.25, -0.2) is 8.42 Å². The molecule has 0 aliphatic rings. The summed E-state index contributed by atoms with van der Waals surface area (Å²) in [5, 5.41) is 2.98. The molecule has 33 heavy (non-hydrogen) atoms. The number of hydrogen-bond donors (Lipinski definition) is 1. The number of aryl methyl sites for hydroxylation is 2. The Hall–Kier alpha value is -3.32. The maximum absolute atomic E-state index is 13.7.